The molecule has 0 atom stereocenters. The molecule has 0 unspecified atom stereocenters. The van der Waals surface area contributed by atoms with Crippen LogP contribution in [0.15, 0.2) is 48.5 Å². The largest absolute Gasteiger partial charge is 0.496 e. The fourth-order valence-electron chi connectivity index (χ4n) is 3.11. The monoisotopic (exact) mass is 441 g/mol. The van der Waals surface area contributed by atoms with Gasteiger partial charge in [0.05, 0.1) is 34.8 Å². The van der Waals surface area contributed by atoms with Gasteiger partial charge in [0.1, 0.15) is 5.75 Å². The smallest absolute Gasteiger partial charge is 0.338 e. The van der Waals surface area contributed by atoms with Gasteiger partial charge in [-0.25, -0.2) is 9.48 Å². The molecule has 3 aromatic rings. The maximum absolute atomic E-state index is 12.4. The topological polar surface area (TPSA) is 73.7 Å². The van der Waals surface area contributed by atoms with E-state index in [0.29, 0.717) is 22.9 Å². The summed E-state index contributed by atoms with van der Waals surface area (Å²) in [5.41, 5.74) is 3.54. The lowest BCUT2D eigenvalue weighted by Crippen LogP contribution is -2.31. The summed E-state index contributed by atoms with van der Waals surface area (Å²) < 4.78 is 12.2. The van der Waals surface area contributed by atoms with Crippen molar-refractivity contribution in [2.45, 2.75) is 20.4 Å². The van der Waals surface area contributed by atoms with Crippen LogP contribution in [-0.2, 0) is 16.1 Å². The molecule has 0 spiro atoms. The molecule has 0 aliphatic rings. The Morgan fingerprint density at radius 3 is 2.39 bits per heavy atom. The molecule has 2 aromatic carbocycles. The fourth-order valence-corrected chi connectivity index (χ4v) is 3.23. The maximum atomic E-state index is 12.4. The molecule has 0 aliphatic carbocycles. The van der Waals surface area contributed by atoms with Crippen LogP contribution in [0.2, 0.25) is 5.02 Å². The number of nitrogens with zero attached hydrogens (tertiary/aromatic N) is 3. The van der Waals surface area contributed by atoms with Crippen LogP contribution >= 0.6 is 11.6 Å². The SMILES string of the molecule is COc1ccccc1CN(C)C(=O)COC(=O)c1ccc(-n2nc(C)c(Cl)c2C)cc1. The number of amides is 1. The van der Waals surface area contributed by atoms with Gasteiger partial charge in [-0.05, 0) is 44.2 Å². The molecule has 7 nitrogen and oxygen atoms in total. The summed E-state index contributed by atoms with van der Waals surface area (Å²) in [5, 5.41) is 5.00. The van der Waals surface area contributed by atoms with Crippen LogP contribution in [0.4, 0.5) is 0 Å². The number of hydrogen-bond acceptors (Lipinski definition) is 5. The molecule has 1 amide bonds. The third-order valence-corrected chi connectivity index (χ3v) is 5.45. The van der Waals surface area contributed by atoms with E-state index >= 15 is 0 Å². The van der Waals surface area contributed by atoms with Crippen molar-refractivity contribution in [3.05, 3.63) is 76.1 Å². The van der Waals surface area contributed by atoms with Crippen LogP contribution in [0.3, 0.4) is 0 Å². The number of rotatable bonds is 7. The fraction of sp³-hybridized carbons (Fsp3) is 0.261. The molecule has 0 N–H and O–H groups in total. The number of esters is 1. The third kappa shape index (κ3) is 5.06. The van der Waals surface area contributed by atoms with Crippen LogP contribution in [0.1, 0.15) is 27.3 Å². The van der Waals surface area contributed by atoms with Gasteiger partial charge in [-0.15, -0.1) is 0 Å². The molecular weight excluding hydrogens is 418 g/mol. The summed E-state index contributed by atoms with van der Waals surface area (Å²) in [5.74, 6) is -0.187. The molecule has 1 aromatic heterocycles. The molecule has 0 bridgehead atoms. The first-order valence-corrected chi connectivity index (χ1v) is 10.0. The molecule has 0 radical (unpaired) electrons. The highest BCUT2D eigenvalue weighted by atomic mass is 35.5. The lowest BCUT2D eigenvalue weighted by molar-refractivity contribution is -0.133. The Labute approximate surface area is 186 Å². The van der Waals surface area contributed by atoms with Gasteiger partial charge < -0.3 is 14.4 Å². The Balaban J connectivity index is 1.58. The molecule has 3 rings (SSSR count). The quantitative estimate of drug-likeness (QED) is 0.519. The number of halogens is 1. The van der Waals surface area contributed by atoms with Gasteiger partial charge in [-0.1, -0.05) is 29.8 Å². The molecule has 0 saturated heterocycles. The van der Waals surface area contributed by atoms with Crippen molar-refractivity contribution in [2.24, 2.45) is 0 Å². The zero-order valence-electron chi connectivity index (χ0n) is 17.9. The van der Waals surface area contributed by atoms with E-state index in [2.05, 4.69) is 5.10 Å². The molecule has 0 fully saturated rings. The Morgan fingerprint density at radius 2 is 1.77 bits per heavy atom. The van der Waals surface area contributed by atoms with Crippen molar-refractivity contribution in [1.82, 2.24) is 14.7 Å². The summed E-state index contributed by atoms with van der Waals surface area (Å²) in [6, 6.07) is 14.2. The molecule has 8 heteroatoms. The van der Waals surface area contributed by atoms with Crippen LogP contribution in [-0.4, -0.2) is 47.3 Å². The molecule has 0 aliphatic heterocycles. The summed E-state index contributed by atoms with van der Waals surface area (Å²) in [6.45, 7) is 3.71. The van der Waals surface area contributed by atoms with E-state index in [1.807, 2.05) is 38.1 Å². The zero-order valence-corrected chi connectivity index (χ0v) is 18.6. The van der Waals surface area contributed by atoms with Crippen LogP contribution < -0.4 is 4.74 Å². The number of aryl methyl sites for hydroxylation is 1. The van der Waals surface area contributed by atoms with Gasteiger partial charge in [0, 0.05) is 19.2 Å². The minimum Gasteiger partial charge on any atom is -0.496 e. The average Bonchev–Trinajstić information content (AvgIpc) is 3.04. The Hall–Kier alpha value is -3.32. The van der Waals surface area contributed by atoms with E-state index in [1.54, 1.807) is 43.1 Å². The Bertz CT molecular complexity index is 1090. The minimum absolute atomic E-state index is 0.312. The number of likely N-dealkylation sites (N-methyl/N-ethyl adjacent to an activating group) is 1. The molecule has 1 heterocycles. The van der Waals surface area contributed by atoms with Crippen molar-refractivity contribution in [3.63, 3.8) is 0 Å². The van der Waals surface area contributed by atoms with Crippen molar-refractivity contribution >= 4 is 23.5 Å². The van der Waals surface area contributed by atoms with E-state index in [1.165, 1.54) is 4.90 Å². The van der Waals surface area contributed by atoms with Gasteiger partial charge in [-0.2, -0.15) is 5.10 Å². The molecule has 162 valence electrons. The maximum Gasteiger partial charge on any atom is 0.338 e. The number of methoxy groups -OCH3 is 1. The number of benzene rings is 2. The van der Waals surface area contributed by atoms with E-state index in [0.717, 1.165) is 22.6 Å². The number of carbonyl (C=O) groups is 2. The van der Waals surface area contributed by atoms with Crippen molar-refractivity contribution in [3.8, 4) is 11.4 Å². The molecule has 31 heavy (non-hydrogen) atoms. The summed E-state index contributed by atoms with van der Waals surface area (Å²) in [7, 11) is 3.23. The lowest BCUT2D eigenvalue weighted by Gasteiger charge is -2.18. The van der Waals surface area contributed by atoms with E-state index in [-0.39, 0.29) is 12.5 Å². The van der Waals surface area contributed by atoms with E-state index in [9.17, 15) is 9.59 Å². The first-order chi connectivity index (χ1) is 14.8. The molecular formula is C23H24ClN3O4. The average molecular weight is 442 g/mol. The number of carbonyl (C=O) groups excluding carboxylic acids is 2. The minimum atomic E-state index is -0.572. The van der Waals surface area contributed by atoms with Gasteiger partial charge in [0.2, 0.25) is 0 Å². The molecule has 0 saturated carbocycles. The van der Waals surface area contributed by atoms with Gasteiger partial charge in [0.25, 0.3) is 5.91 Å². The van der Waals surface area contributed by atoms with E-state index < -0.39 is 5.97 Å². The predicted molar refractivity (Wildman–Crippen MR) is 118 cm³/mol. The van der Waals surface area contributed by atoms with Crippen LogP contribution in [0.5, 0.6) is 5.75 Å². The summed E-state index contributed by atoms with van der Waals surface area (Å²) in [6.07, 6.45) is 0. The van der Waals surface area contributed by atoms with Crippen molar-refractivity contribution in [1.29, 1.82) is 0 Å². The second-order valence-corrected chi connectivity index (χ2v) is 7.46. The van der Waals surface area contributed by atoms with Crippen molar-refractivity contribution in [2.75, 3.05) is 20.8 Å². The summed E-state index contributed by atoms with van der Waals surface area (Å²) in [4.78, 5) is 26.2. The highest BCUT2D eigenvalue weighted by molar-refractivity contribution is 6.31. The Morgan fingerprint density at radius 1 is 1.10 bits per heavy atom. The van der Waals surface area contributed by atoms with E-state index in [4.69, 9.17) is 21.1 Å². The summed E-state index contributed by atoms with van der Waals surface area (Å²) >= 11 is 6.19. The second-order valence-electron chi connectivity index (χ2n) is 7.08. The highest BCUT2D eigenvalue weighted by Gasteiger charge is 2.16. The number of hydrogen-bond donors (Lipinski definition) is 0. The number of ether oxygens (including phenoxy) is 2. The number of aromatic nitrogens is 2. The van der Waals surface area contributed by atoms with Crippen LogP contribution in [0.25, 0.3) is 5.69 Å². The highest BCUT2D eigenvalue weighted by Crippen LogP contribution is 2.23. The van der Waals surface area contributed by atoms with Gasteiger partial charge >= 0.3 is 5.97 Å². The Kier molecular flexibility index (Phi) is 6.97. The zero-order chi connectivity index (χ0) is 22.5. The van der Waals surface area contributed by atoms with Crippen LogP contribution in [0, 0.1) is 13.8 Å². The normalized spacial score (nSPS) is 10.6. The van der Waals surface area contributed by atoms with Crippen molar-refractivity contribution < 1.29 is 19.1 Å². The standard InChI is InChI=1S/C23H24ClN3O4/c1-15-22(24)16(2)27(25-15)19-11-9-17(10-12-19)23(29)31-14-21(28)26(3)13-18-7-5-6-8-20(18)30-4/h5-12H,13-14H2,1-4H3. The number of para-hydroxylation sites is 1. The van der Waals surface area contributed by atoms with Gasteiger partial charge in [0.15, 0.2) is 6.61 Å². The first-order valence-electron chi connectivity index (χ1n) is 9.67. The first kappa shape index (κ1) is 22.4. The second kappa shape index (κ2) is 9.66. The van der Waals surface area contributed by atoms with Gasteiger partial charge in [-0.3, -0.25) is 4.79 Å². The third-order valence-electron chi connectivity index (χ3n) is 4.90. The lowest BCUT2D eigenvalue weighted by atomic mass is 10.2. The predicted octanol–water partition coefficient (Wildman–Crippen LogP) is 3.97.